The second-order valence-electron chi connectivity index (χ2n) is 6.64. The van der Waals surface area contributed by atoms with Gasteiger partial charge in [0.1, 0.15) is 22.2 Å². The Morgan fingerprint density at radius 2 is 1.72 bits per heavy atom. The molecule has 0 atom stereocenters. The maximum Gasteiger partial charge on any atom is 0.265 e. The molecule has 1 heterocycles. The fraction of sp³-hybridized carbons (Fsp3) is 0.0909. The standard InChI is InChI=1S/C22H18FN3O5S/c1-29-18-9-10-19(30-2)20(13-18)32(27,28)26-17-8-4-5-14(12-17)21-24-22(31-25-21)15-6-3-7-16(23)11-15/h3-13,26H,1-2H3. The van der Waals surface area contributed by atoms with Crippen molar-refractivity contribution in [3.8, 4) is 34.3 Å². The van der Waals surface area contributed by atoms with Crippen LogP contribution in [0.15, 0.2) is 76.1 Å². The zero-order valence-electron chi connectivity index (χ0n) is 17.1. The van der Waals surface area contributed by atoms with E-state index in [1.165, 1.54) is 44.6 Å². The zero-order valence-corrected chi connectivity index (χ0v) is 17.9. The lowest BCUT2D eigenvalue weighted by molar-refractivity contribution is 0.392. The highest BCUT2D eigenvalue weighted by Gasteiger charge is 2.21. The summed E-state index contributed by atoms with van der Waals surface area (Å²) in [6.45, 7) is 0. The van der Waals surface area contributed by atoms with Crippen molar-refractivity contribution in [3.63, 3.8) is 0 Å². The van der Waals surface area contributed by atoms with Crippen LogP contribution in [0.1, 0.15) is 0 Å². The van der Waals surface area contributed by atoms with Crippen molar-refractivity contribution in [1.29, 1.82) is 0 Å². The molecule has 4 aromatic rings. The molecule has 0 unspecified atom stereocenters. The molecule has 4 rings (SSSR count). The second kappa shape index (κ2) is 8.67. The number of hydrogen-bond acceptors (Lipinski definition) is 7. The van der Waals surface area contributed by atoms with Crippen LogP contribution in [0.3, 0.4) is 0 Å². The Morgan fingerprint density at radius 1 is 0.938 bits per heavy atom. The smallest absolute Gasteiger partial charge is 0.265 e. The minimum atomic E-state index is -3.99. The van der Waals surface area contributed by atoms with Crippen LogP contribution in [0, 0.1) is 5.82 Å². The third-order valence-corrected chi connectivity index (χ3v) is 5.93. The highest BCUT2D eigenvalue weighted by atomic mass is 32.2. The van der Waals surface area contributed by atoms with E-state index in [4.69, 9.17) is 14.0 Å². The predicted octanol–water partition coefficient (Wildman–Crippen LogP) is 4.36. The second-order valence-corrected chi connectivity index (χ2v) is 8.29. The molecule has 0 amide bonds. The summed E-state index contributed by atoms with van der Waals surface area (Å²) in [5.74, 6) is 0.492. The highest BCUT2D eigenvalue weighted by molar-refractivity contribution is 7.92. The Kier molecular flexibility index (Phi) is 5.78. The van der Waals surface area contributed by atoms with Crippen molar-refractivity contribution in [1.82, 2.24) is 10.1 Å². The third-order valence-electron chi connectivity index (χ3n) is 4.53. The lowest BCUT2D eigenvalue weighted by atomic mass is 10.2. The van der Waals surface area contributed by atoms with Crippen molar-refractivity contribution in [2.45, 2.75) is 4.90 Å². The average molecular weight is 455 g/mol. The van der Waals surface area contributed by atoms with E-state index in [1.807, 2.05) is 0 Å². The van der Waals surface area contributed by atoms with Gasteiger partial charge >= 0.3 is 0 Å². The van der Waals surface area contributed by atoms with E-state index in [2.05, 4.69) is 14.9 Å². The van der Waals surface area contributed by atoms with E-state index in [0.29, 0.717) is 16.9 Å². The topological polar surface area (TPSA) is 104 Å². The molecule has 0 aliphatic carbocycles. The molecule has 1 N–H and O–H groups in total. The molecule has 0 radical (unpaired) electrons. The van der Waals surface area contributed by atoms with Gasteiger partial charge in [-0.15, -0.1) is 0 Å². The molecular formula is C22H18FN3O5S. The molecule has 0 fully saturated rings. The van der Waals surface area contributed by atoms with Crippen LogP contribution in [0.25, 0.3) is 22.8 Å². The molecule has 10 heteroatoms. The number of ether oxygens (including phenoxy) is 2. The van der Waals surface area contributed by atoms with E-state index in [-0.39, 0.29) is 28.0 Å². The highest BCUT2D eigenvalue weighted by Crippen LogP contribution is 2.31. The van der Waals surface area contributed by atoms with E-state index in [1.54, 1.807) is 36.4 Å². The molecule has 164 valence electrons. The summed E-state index contributed by atoms with van der Waals surface area (Å²) in [6.07, 6.45) is 0. The first-order chi connectivity index (χ1) is 15.4. The first-order valence-electron chi connectivity index (χ1n) is 9.34. The minimum Gasteiger partial charge on any atom is -0.497 e. The molecule has 0 saturated carbocycles. The summed E-state index contributed by atoms with van der Waals surface area (Å²) in [6, 6.07) is 16.8. The molecular weight excluding hydrogens is 437 g/mol. The molecule has 3 aromatic carbocycles. The number of nitrogens with zero attached hydrogens (tertiary/aromatic N) is 2. The van der Waals surface area contributed by atoms with E-state index < -0.39 is 15.8 Å². The summed E-state index contributed by atoms with van der Waals surface area (Å²) >= 11 is 0. The molecule has 0 aliphatic rings. The van der Waals surface area contributed by atoms with E-state index in [9.17, 15) is 12.8 Å². The van der Waals surface area contributed by atoms with E-state index >= 15 is 0 Å². The van der Waals surface area contributed by atoms with Gasteiger partial charge < -0.3 is 14.0 Å². The molecule has 1 aromatic heterocycles. The molecule has 32 heavy (non-hydrogen) atoms. The van der Waals surface area contributed by atoms with Crippen LogP contribution in [-0.2, 0) is 10.0 Å². The number of nitrogens with one attached hydrogen (secondary N) is 1. The van der Waals surface area contributed by atoms with Crippen LogP contribution in [-0.4, -0.2) is 32.8 Å². The molecule has 8 nitrogen and oxygen atoms in total. The Labute approximate surface area is 183 Å². The Hall–Kier alpha value is -3.92. The largest absolute Gasteiger partial charge is 0.497 e. The molecule has 0 spiro atoms. The number of aromatic nitrogens is 2. The van der Waals surface area contributed by atoms with Gasteiger partial charge in [0.2, 0.25) is 5.82 Å². The summed E-state index contributed by atoms with van der Waals surface area (Å²) in [7, 11) is -1.17. The zero-order chi connectivity index (χ0) is 22.7. The van der Waals surface area contributed by atoms with Gasteiger partial charge in [-0.05, 0) is 42.5 Å². The Balaban J connectivity index is 1.63. The molecule has 0 bridgehead atoms. The van der Waals surface area contributed by atoms with Crippen molar-refractivity contribution in [2.75, 3.05) is 18.9 Å². The van der Waals surface area contributed by atoms with Crippen molar-refractivity contribution in [3.05, 3.63) is 72.5 Å². The van der Waals surface area contributed by atoms with Gasteiger partial charge in [0.05, 0.1) is 14.2 Å². The summed E-state index contributed by atoms with van der Waals surface area (Å²) in [5.41, 5.74) is 1.23. The monoisotopic (exact) mass is 455 g/mol. The third kappa shape index (κ3) is 4.40. The van der Waals surface area contributed by atoms with Gasteiger partial charge in [-0.3, -0.25) is 4.72 Å². The van der Waals surface area contributed by atoms with Gasteiger partial charge in [-0.1, -0.05) is 23.4 Å². The number of anilines is 1. The quantitative estimate of drug-likeness (QED) is 0.442. The number of sulfonamides is 1. The van der Waals surface area contributed by atoms with Crippen LogP contribution < -0.4 is 14.2 Å². The molecule has 0 aliphatic heterocycles. The lowest BCUT2D eigenvalue weighted by Crippen LogP contribution is -2.14. The van der Waals surface area contributed by atoms with Crippen LogP contribution in [0.5, 0.6) is 11.5 Å². The maximum absolute atomic E-state index is 13.5. The van der Waals surface area contributed by atoms with Crippen LogP contribution in [0.2, 0.25) is 0 Å². The predicted molar refractivity (Wildman–Crippen MR) is 115 cm³/mol. The van der Waals surface area contributed by atoms with Crippen molar-refractivity contribution < 1.29 is 26.8 Å². The van der Waals surface area contributed by atoms with Crippen LogP contribution in [0.4, 0.5) is 10.1 Å². The summed E-state index contributed by atoms with van der Waals surface area (Å²) in [4.78, 5) is 4.21. The normalized spacial score (nSPS) is 11.2. The SMILES string of the molecule is COc1ccc(OC)c(S(=O)(=O)Nc2cccc(-c3noc(-c4cccc(F)c4)n3)c2)c1. The molecule has 0 saturated heterocycles. The minimum absolute atomic E-state index is 0.0716. The Morgan fingerprint density at radius 3 is 2.47 bits per heavy atom. The number of methoxy groups -OCH3 is 2. The summed E-state index contributed by atoms with van der Waals surface area (Å²) < 4.78 is 57.5. The maximum atomic E-state index is 13.5. The van der Waals surface area contributed by atoms with Gasteiger partial charge in [-0.25, -0.2) is 12.8 Å². The van der Waals surface area contributed by atoms with Gasteiger partial charge in [0, 0.05) is 22.9 Å². The van der Waals surface area contributed by atoms with Gasteiger partial charge in [0.15, 0.2) is 0 Å². The van der Waals surface area contributed by atoms with Gasteiger partial charge in [-0.2, -0.15) is 4.98 Å². The number of halogens is 1. The van der Waals surface area contributed by atoms with Crippen LogP contribution >= 0.6 is 0 Å². The lowest BCUT2D eigenvalue weighted by Gasteiger charge is -2.13. The number of rotatable bonds is 7. The average Bonchev–Trinajstić information content (AvgIpc) is 3.29. The number of benzene rings is 3. The Bertz CT molecular complexity index is 1370. The fourth-order valence-electron chi connectivity index (χ4n) is 3.01. The fourth-order valence-corrected chi connectivity index (χ4v) is 4.24. The van der Waals surface area contributed by atoms with E-state index in [0.717, 1.165) is 0 Å². The van der Waals surface area contributed by atoms with Crippen molar-refractivity contribution >= 4 is 15.7 Å². The van der Waals surface area contributed by atoms with Gasteiger partial charge in [0.25, 0.3) is 15.9 Å². The van der Waals surface area contributed by atoms with Crippen molar-refractivity contribution in [2.24, 2.45) is 0 Å². The first kappa shape index (κ1) is 21.3. The first-order valence-corrected chi connectivity index (χ1v) is 10.8. The number of hydrogen-bond donors (Lipinski definition) is 1. The summed E-state index contributed by atoms with van der Waals surface area (Å²) in [5, 5.41) is 3.92.